The minimum Gasteiger partial charge on any atom is -0.188 e. The van der Waals surface area contributed by atoms with Gasteiger partial charge in [-0.05, 0) is 276 Å². The summed E-state index contributed by atoms with van der Waals surface area (Å²) in [5, 5.41) is 52.9. The van der Waals surface area contributed by atoms with Crippen LogP contribution in [0, 0.1) is 0 Å². The average molecular weight is 1220 g/mol. The second kappa shape index (κ2) is 19.9. The molecule has 0 aliphatic rings. The molecule has 0 atom stereocenters. The van der Waals surface area contributed by atoms with E-state index in [0.29, 0.717) is 0 Å². The summed E-state index contributed by atoms with van der Waals surface area (Å²) in [6.45, 7) is 0. The summed E-state index contributed by atoms with van der Waals surface area (Å²) in [5.41, 5.74) is 0. The predicted molar refractivity (Wildman–Crippen MR) is 402 cm³/mol. The van der Waals surface area contributed by atoms with E-state index in [1.165, 1.54) is 215 Å². The Morgan fingerprint density at radius 1 is 0.149 bits per heavy atom. The second-order valence-electron chi connectivity index (χ2n) is 25.5. The Morgan fingerprint density at radius 3 is 0.362 bits per heavy atom. The number of benzene rings is 24. The molecule has 0 nitrogen and oxygen atoms in total. The SMILES string of the molecule is FC(F)=C(F)Cl.c1cc2ccc3cc4cccc5ccc6cc(c1)c2c3c6c54.c1cc2ccc3cc4cccc5ccc6cc(c1)c2c3c6c54.c1cc2ccc3cc4cccc5ccc6cc(c1)c2c3c6c54.c1cc2ccc3cc4cccc5ccc6cc(c1)c2c3c6c54. The van der Waals surface area contributed by atoms with E-state index in [0.717, 1.165) is 0 Å². The maximum Gasteiger partial charge on any atom is 0.317 e. The first-order chi connectivity index (χ1) is 46.2. The minimum atomic E-state index is -2.48. The Morgan fingerprint density at radius 2 is 0.245 bits per heavy atom. The molecule has 0 heterocycles. The Kier molecular flexibility index (Phi) is 11.3. The maximum atomic E-state index is 10.7. The summed E-state index contributed by atoms with van der Waals surface area (Å²) in [5.74, 6) is 0. The third-order valence-corrected chi connectivity index (χ3v) is 20.7. The van der Waals surface area contributed by atoms with Crippen LogP contribution in [0.1, 0.15) is 0 Å². The smallest absolute Gasteiger partial charge is 0.188 e. The molecular weight excluding hydrogens is 1170 g/mol. The van der Waals surface area contributed by atoms with Gasteiger partial charge in [0.05, 0.1) is 0 Å². The van der Waals surface area contributed by atoms with Crippen molar-refractivity contribution in [3.8, 4) is 0 Å². The van der Waals surface area contributed by atoms with E-state index in [4.69, 9.17) is 0 Å². The molecular formula is C90H48ClF3. The van der Waals surface area contributed by atoms with Gasteiger partial charge in [0.15, 0.2) is 0 Å². The van der Waals surface area contributed by atoms with E-state index < -0.39 is 11.4 Å². The fourth-order valence-corrected chi connectivity index (χ4v) is 16.8. The van der Waals surface area contributed by atoms with Gasteiger partial charge < -0.3 is 0 Å². The van der Waals surface area contributed by atoms with Crippen molar-refractivity contribution in [2.24, 2.45) is 0 Å². The van der Waals surface area contributed by atoms with Crippen LogP contribution < -0.4 is 0 Å². The van der Waals surface area contributed by atoms with Crippen molar-refractivity contribution in [1.29, 1.82) is 0 Å². The van der Waals surface area contributed by atoms with E-state index >= 15 is 0 Å². The number of rotatable bonds is 0. The highest BCUT2D eigenvalue weighted by atomic mass is 35.5. The van der Waals surface area contributed by atoms with Crippen LogP contribution in [0.3, 0.4) is 0 Å². The standard InChI is InChI=1S/4C22H12.C2ClF3/c4*1-3-13-7-9-18-12-16-6-2-4-14-8-10-17-11-15(5-1)19(13)21(18)22(17)20(14)16;3-1(4)2(5)6/h4*1-12H;. The lowest BCUT2D eigenvalue weighted by Gasteiger charge is -2.16. The first kappa shape index (κ1) is 53.1. The molecule has 0 aliphatic carbocycles. The van der Waals surface area contributed by atoms with Gasteiger partial charge >= 0.3 is 6.08 Å². The van der Waals surface area contributed by atoms with Crippen molar-refractivity contribution < 1.29 is 13.2 Å². The van der Waals surface area contributed by atoms with Crippen molar-refractivity contribution in [2.75, 3.05) is 0 Å². The zero-order valence-corrected chi connectivity index (χ0v) is 51.0. The molecule has 0 aliphatic heterocycles. The summed E-state index contributed by atoms with van der Waals surface area (Å²) in [6.07, 6.45) is -2.48. The number of hydrogen-bond acceptors (Lipinski definition) is 0. The molecule has 24 aromatic carbocycles. The maximum absolute atomic E-state index is 10.7. The van der Waals surface area contributed by atoms with Crippen molar-refractivity contribution in [2.45, 2.75) is 0 Å². The summed E-state index contributed by atoms with van der Waals surface area (Å²) in [4.78, 5) is 0. The van der Waals surface area contributed by atoms with Crippen molar-refractivity contribution in [3.05, 3.63) is 303 Å². The molecule has 24 rings (SSSR count). The molecule has 0 radical (unpaired) electrons. The highest BCUT2D eigenvalue weighted by Gasteiger charge is 2.20. The van der Waals surface area contributed by atoms with E-state index in [2.05, 4.69) is 303 Å². The van der Waals surface area contributed by atoms with Crippen LogP contribution >= 0.6 is 11.6 Å². The zero-order chi connectivity index (χ0) is 62.2. The molecule has 94 heavy (non-hydrogen) atoms. The zero-order valence-electron chi connectivity index (χ0n) is 50.2. The van der Waals surface area contributed by atoms with E-state index in [1.807, 2.05) is 0 Å². The summed E-state index contributed by atoms with van der Waals surface area (Å²) >= 11 is 4.08. The molecule has 0 fully saturated rings. The highest BCUT2D eigenvalue weighted by molar-refractivity contribution is 6.40. The van der Waals surface area contributed by atoms with E-state index in [1.54, 1.807) is 0 Å². The van der Waals surface area contributed by atoms with Crippen LogP contribution in [0.4, 0.5) is 13.2 Å². The third-order valence-electron chi connectivity index (χ3n) is 20.5. The van der Waals surface area contributed by atoms with Crippen LogP contribution in [0.25, 0.3) is 215 Å². The molecule has 0 bridgehead atoms. The average Bonchev–Trinajstić information content (AvgIpc) is 0.739. The molecule has 4 heteroatoms. The van der Waals surface area contributed by atoms with Crippen LogP contribution in [0.15, 0.2) is 303 Å². The van der Waals surface area contributed by atoms with Gasteiger partial charge in [0.25, 0.3) is 5.29 Å². The van der Waals surface area contributed by atoms with Crippen LogP contribution in [-0.2, 0) is 0 Å². The molecule has 0 spiro atoms. The Balaban J connectivity index is 0.0000000838. The van der Waals surface area contributed by atoms with Crippen LogP contribution in [0.2, 0.25) is 0 Å². The Bertz CT molecular complexity index is 5880. The van der Waals surface area contributed by atoms with Gasteiger partial charge in [0.1, 0.15) is 0 Å². The molecule has 24 aromatic rings. The Labute approximate surface area is 539 Å². The van der Waals surface area contributed by atoms with Crippen molar-refractivity contribution in [3.63, 3.8) is 0 Å². The molecule has 0 saturated carbocycles. The monoisotopic (exact) mass is 1220 g/mol. The van der Waals surface area contributed by atoms with Gasteiger partial charge in [0, 0.05) is 0 Å². The summed E-state index contributed by atoms with van der Waals surface area (Å²) in [7, 11) is 0. The molecule has 0 aromatic heterocycles. The quantitative estimate of drug-likeness (QED) is 0.105. The summed E-state index contributed by atoms with van der Waals surface area (Å²) in [6, 6.07) is 108. The first-order valence-electron chi connectivity index (χ1n) is 31.9. The van der Waals surface area contributed by atoms with Gasteiger partial charge in [-0.3, -0.25) is 0 Å². The van der Waals surface area contributed by atoms with Gasteiger partial charge in [-0.15, -0.1) is 0 Å². The summed E-state index contributed by atoms with van der Waals surface area (Å²) < 4.78 is 31.8. The van der Waals surface area contributed by atoms with Gasteiger partial charge in [0.2, 0.25) is 0 Å². The molecule has 0 unspecified atom stereocenters. The van der Waals surface area contributed by atoms with E-state index in [9.17, 15) is 13.2 Å². The van der Waals surface area contributed by atoms with Crippen LogP contribution in [-0.4, -0.2) is 0 Å². The van der Waals surface area contributed by atoms with E-state index in [-0.39, 0.29) is 0 Å². The highest BCUT2D eigenvalue weighted by Crippen LogP contribution is 2.48. The Hall–Kier alpha value is -11.6. The third kappa shape index (κ3) is 7.71. The van der Waals surface area contributed by atoms with Crippen molar-refractivity contribution in [1.82, 2.24) is 0 Å². The van der Waals surface area contributed by atoms with Crippen LogP contribution in [0.5, 0.6) is 0 Å². The lowest BCUT2D eigenvalue weighted by atomic mass is 9.87. The molecule has 0 amide bonds. The minimum absolute atomic E-state index is 1.34. The van der Waals surface area contributed by atoms with Gasteiger partial charge in [-0.2, -0.15) is 13.2 Å². The lowest BCUT2D eigenvalue weighted by molar-refractivity contribution is 0.393. The predicted octanol–water partition coefficient (Wildman–Crippen LogP) is 27.6. The molecule has 0 N–H and O–H groups in total. The number of halogens is 4. The topological polar surface area (TPSA) is 0 Å². The fraction of sp³-hybridized carbons (Fsp3) is 0. The largest absolute Gasteiger partial charge is 0.317 e. The molecule has 436 valence electrons. The van der Waals surface area contributed by atoms with Gasteiger partial charge in [-0.25, -0.2) is 0 Å². The number of hydrogen-bond donors (Lipinski definition) is 0. The van der Waals surface area contributed by atoms with Gasteiger partial charge in [-0.1, -0.05) is 243 Å². The van der Waals surface area contributed by atoms with Crippen molar-refractivity contribution >= 4 is 227 Å². The normalized spacial score (nSPS) is 12.3. The molecule has 0 saturated heterocycles. The first-order valence-corrected chi connectivity index (χ1v) is 32.2. The second-order valence-corrected chi connectivity index (χ2v) is 25.8. The fourth-order valence-electron chi connectivity index (χ4n) is 16.8. The lowest BCUT2D eigenvalue weighted by Crippen LogP contribution is -1.88.